The highest BCUT2D eigenvalue weighted by Gasteiger charge is 2.49. The molecule has 0 spiro atoms. The number of esters is 1. The third kappa shape index (κ3) is 13.7. The number of hydrogen-bond donors (Lipinski definition) is 2. The monoisotopic (exact) mass is 591 g/mol. The summed E-state index contributed by atoms with van der Waals surface area (Å²) in [7, 11) is 1.14. The molecule has 0 aromatic heterocycles. The molecule has 1 unspecified atom stereocenters. The highest BCUT2D eigenvalue weighted by atomic mass is 31.2. The van der Waals surface area contributed by atoms with Gasteiger partial charge in [-0.3, -0.25) is 9.36 Å². The number of carbonyl (C=O) groups excluding carboxylic acids is 1. The first-order valence-electron chi connectivity index (χ1n) is 14.5. The molecule has 0 aromatic carbocycles. The standard InChI is InChI=1S/C28H50NO10P/c1-5-6-9-12-22(31)15-16-25-24(26-19-27(25)39-38-26)13-10-7-8-11-14-28(32)37-23(20-30)21-36-40(33,34)35-18-17-29(2,3)4/h7,10,15-16,22-27,30-31H,5-6,8-9,11-14,17-21H2,1-4H3/b10-7-,16-15+/t22-,23+,24+,25+,26-,27+/m0/s1. The van der Waals surface area contributed by atoms with Gasteiger partial charge in [0.2, 0.25) is 0 Å². The molecule has 2 aliphatic rings. The minimum atomic E-state index is -4.56. The Morgan fingerprint density at radius 3 is 2.60 bits per heavy atom. The van der Waals surface area contributed by atoms with Crippen LogP contribution in [0, 0.1) is 11.8 Å². The van der Waals surface area contributed by atoms with Crippen molar-refractivity contribution < 1.29 is 52.5 Å². The van der Waals surface area contributed by atoms with Crippen molar-refractivity contribution in [3.63, 3.8) is 0 Å². The molecule has 1 saturated heterocycles. The minimum absolute atomic E-state index is 0.0190. The van der Waals surface area contributed by atoms with Crippen LogP contribution in [0.2, 0.25) is 0 Å². The van der Waals surface area contributed by atoms with E-state index in [9.17, 15) is 24.5 Å². The number of unbranched alkanes of at least 4 members (excludes halogenated alkanes) is 3. The number of aliphatic hydroxyl groups excluding tert-OH is 2. The number of carbonyl (C=O) groups is 1. The third-order valence-electron chi connectivity index (χ3n) is 7.09. The molecular weight excluding hydrogens is 541 g/mol. The zero-order valence-electron chi connectivity index (χ0n) is 24.5. The first-order chi connectivity index (χ1) is 18.9. The van der Waals surface area contributed by atoms with Gasteiger partial charge in [-0.2, -0.15) is 0 Å². The predicted molar refractivity (Wildman–Crippen MR) is 148 cm³/mol. The van der Waals surface area contributed by atoms with Crippen molar-refractivity contribution in [1.82, 2.24) is 0 Å². The lowest BCUT2D eigenvalue weighted by Gasteiger charge is -2.28. The summed E-state index contributed by atoms with van der Waals surface area (Å²) in [6.45, 7) is 1.50. The summed E-state index contributed by atoms with van der Waals surface area (Å²) in [6.07, 6.45) is 13.7. The van der Waals surface area contributed by atoms with Gasteiger partial charge < -0.3 is 33.4 Å². The second-order valence-electron chi connectivity index (χ2n) is 11.7. The van der Waals surface area contributed by atoms with Crippen molar-refractivity contribution in [2.24, 2.45) is 11.8 Å². The fraction of sp³-hybridized carbons (Fsp3) is 0.821. The number of phosphoric ester groups is 1. The number of allylic oxidation sites excluding steroid dienone is 2. The number of fused-ring (bicyclic) bond motifs is 2. The van der Waals surface area contributed by atoms with Crippen LogP contribution in [-0.2, 0) is 32.9 Å². The maximum Gasteiger partial charge on any atom is 0.306 e. The van der Waals surface area contributed by atoms with Crippen LogP contribution < -0.4 is 4.89 Å². The Bertz CT molecular complexity index is 845. The molecule has 1 heterocycles. The van der Waals surface area contributed by atoms with Crippen molar-refractivity contribution in [3.8, 4) is 0 Å². The lowest BCUT2D eigenvalue weighted by atomic mass is 9.89. The van der Waals surface area contributed by atoms with E-state index >= 15 is 0 Å². The van der Waals surface area contributed by atoms with Gasteiger partial charge >= 0.3 is 5.97 Å². The number of likely N-dealkylation sites (N-methyl/N-ethyl adjacent to an activating group) is 1. The van der Waals surface area contributed by atoms with Crippen LogP contribution in [0.25, 0.3) is 0 Å². The van der Waals surface area contributed by atoms with Crippen molar-refractivity contribution in [3.05, 3.63) is 24.3 Å². The fourth-order valence-electron chi connectivity index (χ4n) is 4.72. The van der Waals surface area contributed by atoms with E-state index in [-0.39, 0.29) is 37.1 Å². The van der Waals surface area contributed by atoms with Crippen LogP contribution in [-0.4, -0.2) is 92.6 Å². The Hall–Kier alpha value is -1.14. The van der Waals surface area contributed by atoms with Gasteiger partial charge in [-0.25, -0.2) is 9.78 Å². The molecule has 1 saturated carbocycles. The molecule has 40 heavy (non-hydrogen) atoms. The van der Waals surface area contributed by atoms with Crippen molar-refractivity contribution in [2.45, 2.75) is 89.1 Å². The Kier molecular flexibility index (Phi) is 15.5. The summed E-state index contributed by atoms with van der Waals surface area (Å²) in [5, 5.41) is 19.7. The predicted octanol–water partition coefficient (Wildman–Crippen LogP) is 3.05. The molecule has 1 aliphatic heterocycles. The molecule has 2 N–H and O–H groups in total. The van der Waals surface area contributed by atoms with E-state index < -0.39 is 39.2 Å². The van der Waals surface area contributed by atoms with E-state index in [4.69, 9.17) is 23.6 Å². The molecule has 7 atom stereocenters. The summed E-state index contributed by atoms with van der Waals surface area (Å²) in [5.41, 5.74) is 0. The van der Waals surface area contributed by atoms with Gasteiger partial charge in [0.15, 0.2) is 0 Å². The van der Waals surface area contributed by atoms with Crippen molar-refractivity contribution in [2.75, 3.05) is 47.5 Å². The van der Waals surface area contributed by atoms with Crippen molar-refractivity contribution >= 4 is 13.8 Å². The van der Waals surface area contributed by atoms with Gasteiger partial charge in [-0.05, 0) is 25.7 Å². The lowest BCUT2D eigenvalue weighted by molar-refractivity contribution is -0.870. The molecule has 1 aliphatic carbocycles. The van der Waals surface area contributed by atoms with Crippen LogP contribution in [0.1, 0.15) is 64.7 Å². The van der Waals surface area contributed by atoms with Gasteiger partial charge in [0.25, 0.3) is 7.82 Å². The largest absolute Gasteiger partial charge is 0.756 e. The molecule has 0 amide bonds. The normalized spacial score (nSPS) is 26.0. The zero-order chi connectivity index (χ0) is 29.6. The topological polar surface area (TPSA) is 144 Å². The Morgan fingerprint density at radius 1 is 1.15 bits per heavy atom. The SMILES string of the molecule is CCCCC[C@H](O)/C=C/[C@@H]1[C@@H](C/C=C\CCCC(=O)O[C@H](CO)COP(=O)([O-])OCC[N+](C)(C)C)[C@@H]2C[C@H]1OO2. The summed E-state index contributed by atoms with van der Waals surface area (Å²) in [4.78, 5) is 34.9. The first kappa shape index (κ1) is 35.1. The molecule has 12 heteroatoms. The van der Waals surface area contributed by atoms with Crippen LogP contribution >= 0.6 is 7.82 Å². The van der Waals surface area contributed by atoms with Gasteiger partial charge in [-0.1, -0.05) is 50.5 Å². The first-order valence-corrected chi connectivity index (χ1v) is 15.9. The van der Waals surface area contributed by atoms with E-state index in [0.29, 0.717) is 23.9 Å². The molecule has 2 fully saturated rings. The number of aliphatic hydroxyl groups is 2. The molecule has 0 aromatic rings. The average Bonchev–Trinajstić information content (AvgIpc) is 3.48. The highest BCUT2D eigenvalue weighted by Crippen LogP contribution is 2.45. The highest BCUT2D eigenvalue weighted by molar-refractivity contribution is 7.45. The molecule has 2 rings (SSSR count). The number of phosphoric acid groups is 1. The van der Waals surface area contributed by atoms with E-state index in [1.165, 1.54) is 0 Å². The maximum absolute atomic E-state index is 12.1. The summed E-state index contributed by atoms with van der Waals surface area (Å²) in [5.74, 6) is -0.0636. The molecule has 11 nitrogen and oxygen atoms in total. The van der Waals surface area contributed by atoms with E-state index in [1.54, 1.807) is 0 Å². The van der Waals surface area contributed by atoms with Gasteiger partial charge in [0, 0.05) is 24.7 Å². The minimum Gasteiger partial charge on any atom is -0.756 e. The lowest BCUT2D eigenvalue weighted by Crippen LogP contribution is -2.37. The number of nitrogens with zero attached hydrogens (tertiary/aromatic N) is 1. The van der Waals surface area contributed by atoms with Gasteiger partial charge in [0.05, 0.1) is 46.6 Å². The van der Waals surface area contributed by atoms with E-state index in [2.05, 4.69) is 19.1 Å². The zero-order valence-corrected chi connectivity index (χ0v) is 25.4. The van der Waals surface area contributed by atoms with Gasteiger partial charge in [-0.15, -0.1) is 0 Å². The fourth-order valence-corrected chi connectivity index (χ4v) is 5.44. The van der Waals surface area contributed by atoms with E-state index in [0.717, 1.165) is 38.5 Å². The maximum atomic E-state index is 12.1. The van der Waals surface area contributed by atoms with Gasteiger partial charge in [0.1, 0.15) is 25.4 Å². The molecule has 232 valence electrons. The number of hydrogen-bond acceptors (Lipinski definition) is 10. The summed E-state index contributed by atoms with van der Waals surface area (Å²) in [6, 6.07) is 0. The molecule has 2 bridgehead atoms. The quantitative estimate of drug-likeness (QED) is 0.0510. The second kappa shape index (κ2) is 17.7. The smallest absolute Gasteiger partial charge is 0.306 e. The number of rotatable bonds is 21. The number of ether oxygens (including phenoxy) is 1. The second-order valence-corrected chi connectivity index (χ2v) is 13.1. The number of quaternary nitrogens is 1. The van der Waals surface area contributed by atoms with Crippen LogP contribution in [0.15, 0.2) is 24.3 Å². The summed E-state index contributed by atoms with van der Waals surface area (Å²) >= 11 is 0. The molecule has 0 radical (unpaired) electrons. The third-order valence-corrected chi connectivity index (χ3v) is 8.05. The van der Waals surface area contributed by atoms with Crippen LogP contribution in [0.5, 0.6) is 0 Å². The van der Waals surface area contributed by atoms with Crippen molar-refractivity contribution in [1.29, 1.82) is 0 Å². The van der Waals surface area contributed by atoms with Crippen LogP contribution in [0.4, 0.5) is 0 Å². The Labute approximate surface area is 239 Å². The Morgan fingerprint density at radius 2 is 1.90 bits per heavy atom. The van der Waals surface area contributed by atoms with E-state index in [1.807, 2.05) is 33.3 Å². The summed E-state index contributed by atoms with van der Waals surface area (Å²) < 4.78 is 27.1. The molecular formula is C28H50NO10P. The average molecular weight is 592 g/mol. The van der Waals surface area contributed by atoms with Crippen LogP contribution in [0.3, 0.4) is 0 Å². The Balaban J connectivity index is 1.66.